The summed E-state index contributed by atoms with van der Waals surface area (Å²) in [6.07, 6.45) is 2.05. The van der Waals surface area contributed by atoms with E-state index in [0.29, 0.717) is 6.61 Å². The number of aromatic nitrogens is 1. The predicted molar refractivity (Wildman–Crippen MR) is 129 cm³/mol. The molecule has 0 fully saturated rings. The Morgan fingerprint density at radius 2 is 1.71 bits per heavy atom. The van der Waals surface area contributed by atoms with Gasteiger partial charge in [-0.1, -0.05) is 62.4 Å². The van der Waals surface area contributed by atoms with Crippen LogP contribution in [0.4, 0.5) is 0 Å². The molecule has 8 heteroatoms. The third-order valence-electron chi connectivity index (χ3n) is 5.63. The maximum absolute atomic E-state index is 13.1. The van der Waals surface area contributed by atoms with Gasteiger partial charge in [0.2, 0.25) is 5.91 Å². The van der Waals surface area contributed by atoms with Crippen LogP contribution in [0.1, 0.15) is 25.0 Å². The molecular formula is C26H31N3O5. The Balaban J connectivity index is 1.62. The lowest BCUT2D eigenvalue weighted by atomic mass is 9.90. The zero-order chi connectivity index (χ0) is 24.5. The number of Topliss-reactive ketones (excluding diaryl/α,β-unsaturated/α-hetero) is 1. The normalized spacial score (nSPS) is 12.9. The fraction of sp³-hybridized carbons (Fsp3) is 0.346. The Kier molecular flexibility index (Phi) is 8.95. The molecular weight excluding hydrogens is 434 g/mol. The second kappa shape index (κ2) is 12.1. The summed E-state index contributed by atoms with van der Waals surface area (Å²) >= 11 is 0. The summed E-state index contributed by atoms with van der Waals surface area (Å²) in [5, 5.41) is 3.69. The summed E-state index contributed by atoms with van der Waals surface area (Å²) in [5.74, 6) is -2.62. The molecule has 2 aromatic carbocycles. The van der Waals surface area contributed by atoms with Gasteiger partial charge in [0.1, 0.15) is 12.0 Å². The van der Waals surface area contributed by atoms with Crippen molar-refractivity contribution < 1.29 is 24.0 Å². The number of ether oxygens (including phenoxy) is 1. The topological polar surface area (TPSA) is 110 Å². The summed E-state index contributed by atoms with van der Waals surface area (Å²) < 4.78 is 4.92. The van der Waals surface area contributed by atoms with E-state index in [1.807, 2.05) is 60.8 Å². The molecule has 3 rings (SSSR count). The van der Waals surface area contributed by atoms with Crippen molar-refractivity contribution in [1.82, 2.24) is 15.8 Å². The van der Waals surface area contributed by atoms with E-state index < -0.39 is 23.8 Å². The molecule has 0 radical (unpaired) electrons. The number of rotatable bonds is 12. The minimum absolute atomic E-state index is 0.131. The number of benzene rings is 2. The minimum atomic E-state index is -0.942. The lowest BCUT2D eigenvalue weighted by Crippen LogP contribution is -2.49. The van der Waals surface area contributed by atoms with Crippen molar-refractivity contribution in [2.24, 2.45) is 11.8 Å². The molecule has 34 heavy (non-hydrogen) atoms. The maximum atomic E-state index is 13.1. The fourth-order valence-corrected chi connectivity index (χ4v) is 3.88. The zero-order valence-corrected chi connectivity index (χ0v) is 19.7. The van der Waals surface area contributed by atoms with Gasteiger partial charge in [-0.25, -0.2) is 4.79 Å². The molecule has 1 unspecified atom stereocenters. The molecule has 2 atom stereocenters. The fourth-order valence-electron chi connectivity index (χ4n) is 3.88. The number of methoxy groups -OCH3 is 1. The van der Waals surface area contributed by atoms with Crippen molar-refractivity contribution in [3.63, 3.8) is 0 Å². The van der Waals surface area contributed by atoms with Crippen LogP contribution in [-0.2, 0) is 37.0 Å². The molecule has 0 aliphatic carbocycles. The molecule has 8 nitrogen and oxygen atoms in total. The standard InChI is InChI=1S/C26H31N3O5/c1-17(2)24(23(30)15-28-34-16-18-9-5-4-6-10-18)25(31)29-22(26(32)33-3)13-19-14-27-21-12-8-7-11-20(19)21/h4-12,14,17,22,24,27-28H,13,15-16H2,1-3H3,(H,29,31)/t22-,24?/m0/s1. The van der Waals surface area contributed by atoms with Crippen molar-refractivity contribution >= 4 is 28.6 Å². The van der Waals surface area contributed by atoms with Gasteiger partial charge in [0.25, 0.3) is 0 Å². The van der Waals surface area contributed by atoms with Gasteiger partial charge < -0.3 is 15.0 Å². The second-order valence-electron chi connectivity index (χ2n) is 8.43. The van der Waals surface area contributed by atoms with Crippen molar-refractivity contribution in [3.8, 4) is 0 Å². The number of hydroxylamine groups is 1. The van der Waals surface area contributed by atoms with Gasteiger partial charge in [-0.3, -0.25) is 14.4 Å². The second-order valence-corrected chi connectivity index (χ2v) is 8.43. The summed E-state index contributed by atoms with van der Waals surface area (Å²) in [6.45, 7) is 3.75. The number of esters is 1. The Labute approximate surface area is 199 Å². The lowest BCUT2D eigenvalue weighted by Gasteiger charge is -2.23. The van der Waals surface area contributed by atoms with Gasteiger partial charge in [-0.05, 0) is 23.1 Å². The first-order valence-corrected chi connectivity index (χ1v) is 11.2. The number of carbonyl (C=O) groups excluding carboxylic acids is 3. The smallest absolute Gasteiger partial charge is 0.328 e. The summed E-state index contributed by atoms with van der Waals surface area (Å²) in [4.78, 5) is 46.9. The van der Waals surface area contributed by atoms with Crippen LogP contribution < -0.4 is 10.8 Å². The van der Waals surface area contributed by atoms with Crippen LogP contribution in [-0.4, -0.2) is 42.3 Å². The first kappa shape index (κ1) is 25.1. The van der Waals surface area contributed by atoms with Gasteiger partial charge >= 0.3 is 5.97 Å². The Hall–Kier alpha value is -3.49. The van der Waals surface area contributed by atoms with E-state index in [-0.39, 0.29) is 24.7 Å². The van der Waals surface area contributed by atoms with E-state index in [4.69, 9.17) is 9.57 Å². The number of hydrogen-bond donors (Lipinski definition) is 3. The first-order valence-electron chi connectivity index (χ1n) is 11.2. The van der Waals surface area contributed by atoms with E-state index in [2.05, 4.69) is 15.8 Å². The number of H-pyrrole nitrogens is 1. The van der Waals surface area contributed by atoms with Crippen LogP contribution in [0.25, 0.3) is 10.9 Å². The highest BCUT2D eigenvalue weighted by molar-refractivity contribution is 6.03. The SMILES string of the molecule is COC(=O)[C@H](Cc1c[nH]c2ccccc12)NC(=O)C(C(=O)CNOCc1ccccc1)C(C)C. The highest BCUT2D eigenvalue weighted by Crippen LogP contribution is 2.20. The van der Waals surface area contributed by atoms with E-state index >= 15 is 0 Å². The van der Waals surface area contributed by atoms with Gasteiger partial charge in [-0.2, -0.15) is 5.48 Å². The molecule has 0 spiro atoms. The van der Waals surface area contributed by atoms with Crippen LogP contribution in [0.3, 0.4) is 0 Å². The van der Waals surface area contributed by atoms with Gasteiger partial charge in [-0.15, -0.1) is 0 Å². The van der Waals surface area contributed by atoms with E-state index in [1.165, 1.54) is 7.11 Å². The van der Waals surface area contributed by atoms with E-state index in [1.54, 1.807) is 13.8 Å². The highest BCUT2D eigenvalue weighted by Gasteiger charge is 2.33. The quantitative estimate of drug-likeness (QED) is 0.164. The molecule has 1 aromatic heterocycles. The van der Waals surface area contributed by atoms with Crippen molar-refractivity contribution in [2.75, 3.05) is 13.7 Å². The third kappa shape index (κ3) is 6.52. The monoisotopic (exact) mass is 465 g/mol. The van der Waals surface area contributed by atoms with Gasteiger partial charge in [0.15, 0.2) is 5.78 Å². The average molecular weight is 466 g/mol. The number of aromatic amines is 1. The molecule has 0 bridgehead atoms. The molecule has 0 saturated carbocycles. The predicted octanol–water partition coefficient (Wildman–Crippen LogP) is 2.93. The molecule has 180 valence electrons. The molecule has 1 heterocycles. The highest BCUT2D eigenvalue weighted by atomic mass is 16.6. The lowest BCUT2D eigenvalue weighted by molar-refractivity contribution is -0.147. The Morgan fingerprint density at radius 1 is 1.00 bits per heavy atom. The van der Waals surface area contributed by atoms with Crippen molar-refractivity contribution in [1.29, 1.82) is 0 Å². The first-order chi connectivity index (χ1) is 16.4. The summed E-state index contributed by atoms with van der Waals surface area (Å²) in [7, 11) is 1.27. The van der Waals surface area contributed by atoms with Crippen LogP contribution in [0, 0.1) is 11.8 Å². The van der Waals surface area contributed by atoms with Crippen molar-refractivity contribution in [2.45, 2.75) is 32.9 Å². The number of hydrogen-bond acceptors (Lipinski definition) is 6. The summed E-state index contributed by atoms with van der Waals surface area (Å²) in [6, 6.07) is 16.3. The van der Waals surface area contributed by atoms with Crippen LogP contribution in [0.15, 0.2) is 60.8 Å². The van der Waals surface area contributed by atoms with Gasteiger partial charge in [0, 0.05) is 23.5 Å². The molecule has 0 aliphatic heterocycles. The number of fused-ring (bicyclic) bond motifs is 1. The maximum Gasteiger partial charge on any atom is 0.328 e. The molecule has 1 amide bonds. The molecule has 3 N–H and O–H groups in total. The largest absolute Gasteiger partial charge is 0.467 e. The summed E-state index contributed by atoms with van der Waals surface area (Å²) in [5.41, 5.74) is 5.40. The minimum Gasteiger partial charge on any atom is -0.467 e. The Morgan fingerprint density at radius 3 is 2.41 bits per heavy atom. The number of ketones is 1. The number of para-hydroxylation sites is 1. The molecule has 3 aromatic rings. The number of carbonyl (C=O) groups is 3. The van der Waals surface area contributed by atoms with Crippen LogP contribution >= 0.6 is 0 Å². The van der Waals surface area contributed by atoms with E-state index in [0.717, 1.165) is 22.0 Å². The number of amides is 1. The van der Waals surface area contributed by atoms with Crippen LogP contribution in [0.2, 0.25) is 0 Å². The van der Waals surface area contributed by atoms with Crippen LogP contribution in [0.5, 0.6) is 0 Å². The van der Waals surface area contributed by atoms with E-state index in [9.17, 15) is 14.4 Å². The zero-order valence-electron chi connectivity index (χ0n) is 19.7. The van der Waals surface area contributed by atoms with Gasteiger partial charge in [0.05, 0.1) is 20.3 Å². The average Bonchev–Trinajstić information content (AvgIpc) is 3.24. The molecule has 0 aliphatic rings. The number of nitrogens with one attached hydrogen (secondary N) is 3. The third-order valence-corrected chi connectivity index (χ3v) is 5.63. The van der Waals surface area contributed by atoms with Crippen molar-refractivity contribution in [3.05, 3.63) is 71.9 Å². The Bertz CT molecular complexity index is 1110. The molecule has 0 saturated heterocycles.